The van der Waals surface area contributed by atoms with Gasteiger partial charge in [-0.3, -0.25) is 4.79 Å². The highest BCUT2D eigenvalue weighted by Crippen LogP contribution is 1.93. The SMILES string of the molecule is CC(C)OCC#CC#CCOCC(=O)C(C)C. The van der Waals surface area contributed by atoms with Crippen LogP contribution in [0.5, 0.6) is 0 Å². The van der Waals surface area contributed by atoms with Crippen LogP contribution in [-0.4, -0.2) is 31.7 Å². The molecule has 0 aliphatic carbocycles. The summed E-state index contributed by atoms with van der Waals surface area (Å²) in [5.41, 5.74) is 0. The van der Waals surface area contributed by atoms with Gasteiger partial charge in [-0.1, -0.05) is 25.7 Å². The standard InChI is InChI=1S/C14H20O3/c1-12(2)14(15)11-16-9-7-5-6-8-10-17-13(3)4/h12-13H,9-11H2,1-4H3. The number of carbonyl (C=O) groups is 1. The first kappa shape index (κ1) is 15.7. The van der Waals surface area contributed by atoms with Gasteiger partial charge in [0.15, 0.2) is 5.78 Å². The van der Waals surface area contributed by atoms with Crippen molar-refractivity contribution in [2.75, 3.05) is 19.8 Å². The molecule has 0 aromatic carbocycles. The highest BCUT2D eigenvalue weighted by atomic mass is 16.5. The van der Waals surface area contributed by atoms with Gasteiger partial charge in [-0.25, -0.2) is 0 Å². The van der Waals surface area contributed by atoms with Gasteiger partial charge < -0.3 is 9.47 Å². The normalized spacial score (nSPS) is 9.53. The molecule has 3 heteroatoms. The summed E-state index contributed by atoms with van der Waals surface area (Å²) in [4.78, 5) is 11.2. The lowest BCUT2D eigenvalue weighted by atomic mass is 10.1. The molecule has 0 radical (unpaired) electrons. The number of Topliss-reactive ketones (excluding diaryl/α,β-unsaturated/α-hetero) is 1. The van der Waals surface area contributed by atoms with Crippen LogP contribution in [0.1, 0.15) is 27.7 Å². The lowest BCUT2D eigenvalue weighted by molar-refractivity contribution is -0.126. The second-order valence-electron chi connectivity index (χ2n) is 4.08. The van der Waals surface area contributed by atoms with Crippen LogP contribution in [0.4, 0.5) is 0 Å². The molecule has 17 heavy (non-hydrogen) atoms. The monoisotopic (exact) mass is 236 g/mol. The van der Waals surface area contributed by atoms with Crippen LogP contribution in [-0.2, 0) is 14.3 Å². The summed E-state index contributed by atoms with van der Waals surface area (Å²) >= 11 is 0. The van der Waals surface area contributed by atoms with Crippen molar-refractivity contribution < 1.29 is 14.3 Å². The van der Waals surface area contributed by atoms with E-state index in [2.05, 4.69) is 23.7 Å². The van der Waals surface area contributed by atoms with Crippen LogP contribution in [0.3, 0.4) is 0 Å². The molecular formula is C14H20O3. The Balaban J connectivity index is 3.59. The summed E-state index contributed by atoms with van der Waals surface area (Å²) in [6, 6.07) is 0. The quantitative estimate of drug-likeness (QED) is 0.520. The molecule has 3 nitrogen and oxygen atoms in total. The number of hydrogen-bond acceptors (Lipinski definition) is 3. The third-order valence-electron chi connectivity index (χ3n) is 1.79. The van der Waals surface area contributed by atoms with Crippen molar-refractivity contribution in [2.24, 2.45) is 5.92 Å². The zero-order valence-corrected chi connectivity index (χ0v) is 11.0. The molecule has 0 spiro atoms. The average molecular weight is 236 g/mol. The van der Waals surface area contributed by atoms with Gasteiger partial charge in [-0.2, -0.15) is 0 Å². The summed E-state index contributed by atoms with van der Waals surface area (Å²) < 4.78 is 10.3. The minimum atomic E-state index is 0.0101. The first-order valence-corrected chi connectivity index (χ1v) is 5.71. The molecular weight excluding hydrogens is 216 g/mol. The Morgan fingerprint density at radius 3 is 2.18 bits per heavy atom. The fourth-order valence-corrected chi connectivity index (χ4v) is 0.738. The minimum Gasteiger partial charge on any atom is -0.366 e. The summed E-state index contributed by atoms with van der Waals surface area (Å²) in [5.74, 6) is 10.9. The predicted octanol–water partition coefficient (Wildman–Crippen LogP) is 1.66. The Kier molecular flexibility index (Phi) is 9.15. The summed E-state index contributed by atoms with van der Waals surface area (Å²) in [6.07, 6.45) is 0.183. The van der Waals surface area contributed by atoms with E-state index in [0.29, 0.717) is 6.61 Å². The highest BCUT2D eigenvalue weighted by Gasteiger charge is 2.05. The summed E-state index contributed by atoms with van der Waals surface area (Å²) in [7, 11) is 0. The number of ketones is 1. The summed E-state index contributed by atoms with van der Waals surface area (Å²) in [5, 5.41) is 0. The van der Waals surface area contributed by atoms with Crippen LogP contribution < -0.4 is 0 Å². The van der Waals surface area contributed by atoms with Crippen LogP contribution >= 0.6 is 0 Å². The van der Waals surface area contributed by atoms with E-state index in [1.165, 1.54) is 0 Å². The van der Waals surface area contributed by atoms with Gasteiger partial charge in [0.1, 0.15) is 19.8 Å². The fraction of sp³-hybridized carbons (Fsp3) is 0.643. The molecule has 0 unspecified atom stereocenters. The van der Waals surface area contributed by atoms with E-state index in [1.807, 2.05) is 27.7 Å². The van der Waals surface area contributed by atoms with Crippen molar-refractivity contribution in [3.63, 3.8) is 0 Å². The third-order valence-corrected chi connectivity index (χ3v) is 1.79. The number of carbonyl (C=O) groups excluding carboxylic acids is 1. The van der Waals surface area contributed by atoms with Crippen LogP contribution in [0.2, 0.25) is 0 Å². The van der Waals surface area contributed by atoms with E-state index >= 15 is 0 Å². The molecule has 0 amide bonds. The van der Waals surface area contributed by atoms with Gasteiger partial charge in [0, 0.05) is 5.92 Å². The minimum absolute atomic E-state index is 0.0101. The average Bonchev–Trinajstić information content (AvgIpc) is 2.25. The molecule has 0 saturated carbocycles. The lowest BCUT2D eigenvalue weighted by Gasteiger charge is -2.01. The molecule has 0 aliphatic heterocycles. The smallest absolute Gasteiger partial charge is 0.161 e. The molecule has 0 aromatic rings. The molecule has 94 valence electrons. The Labute approximate surface area is 104 Å². The lowest BCUT2D eigenvalue weighted by Crippen LogP contribution is -2.14. The second-order valence-corrected chi connectivity index (χ2v) is 4.08. The van der Waals surface area contributed by atoms with E-state index < -0.39 is 0 Å². The van der Waals surface area contributed by atoms with Gasteiger partial charge in [-0.15, -0.1) is 0 Å². The maximum absolute atomic E-state index is 11.2. The van der Waals surface area contributed by atoms with Gasteiger partial charge in [-0.05, 0) is 25.7 Å². The third kappa shape index (κ3) is 11.0. The van der Waals surface area contributed by atoms with Gasteiger partial charge >= 0.3 is 0 Å². The second kappa shape index (κ2) is 9.90. The Bertz CT molecular complexity index is 334. The van der Waals surface area contributed by atoms with Crippen molar-refractivity contribution in [2.45, 2.75) is 33.8 Å². The van der Waals surface area contributed by atoms with Crippen LogP contribution in [0.25, 0.3) is 0 Å². The molecule has 0 heterocycles. The van der Waals surface area contributed by atoms with Crippen molar-refractivity contribution in [1.82, 2.24) is 0 Å². The Hall–Kier alpha value is -1.29. The van der Waals surface area contributed by atoms with Crippen LogP contribution in [0, 0.1) is 29.6 Å². The predicted molar refractivity (Wildman–Crippen MR) is 67.3 cm³/mol. The van der Waals surface area contributed by atoms with Crippen molar-refractivity contribution in [3.8, 4) is 23.7 Å². The summed E-state index contributed by atoms with van der Waals surface area (Å²) in [6.45, 7) is 8.34. The molecule has 0 bridgehead atoms. The van der Waals surface area contributed by atoms with Gasteiger partial charge in [0.05, 0.1) is 6.10 Å². The molecule has 0 fully saturated rings. The molecule has 0 aliphatic rings. The van der Waals surface area contributed by atoms with Crippen molar-refractivity contribution in [3.05, 3.63) is 0 Å². The zero-order chi connectivity index (χ0) is 13.1. The Morgan fingerprint density at radius 1 is 1.06 bits per heavy atom. The van der Waals surface area contributed by atoms with E-state index in [0.717, 1.165) is 0 Å². The first-order chi connectivity index (χ1) is 8.04. The zero-order valence-electron chi connectivity index (χ0n) is 11.0. The fourth-order valence-electron chi connectivity index (χ4n) is 0.738. The topological polar surface area (TPSA) is 35.5 Å². The van der Waals surface area contributed by atoms with E-state index in [-0.39, 0.29) is 31.0 Å². The van der Waals surface area contributed by atoms with Crippen molar-refractivity contribution >= 4 is 5.78 Å². The van der Waals surface area contributed by atoms with Gasteiger partial charge in [0.2, 0.25) is 0 Å². The largest absolute Gasteiger partial charge is 0.366 e. The van der Waals surface area contributed by atoms with Gasteiger partial charge in [0.25, 0.3) is 0 Å². The molecule has 0 N–H and O–H groups in total. The number of rotatable bonds is 6. The van der Waals surface area contributed by atoms with E-state index in [9.17, 15) is 4.79 Å². The van der Waals surface area contributed by atoms with E-state index in [4.69, 9.17) is 9.47 Å². The van der Waals surface area contributed by atoms with E-state index in [1.54, 1.807) is 0 Å². The maximum atomic E-state index is 11.2. The van der Waals surface area contributed by atoms with Crippen molar-refractivity contribution in [1.29, 1.82) is 0 Å². The molecule has 0 aromatic heterocycles. The number of hydrogen-bond donors (Lipinski definition) is 0. The molecule has 0 saturated heterocycles. The Morgan fingerprint density at radius 2 is 1.65 bits per heavy atom. The molecule has 0 rings (SSSR count). The molecule has 0 atom stereocenters. The highest BCUT2D eigenvalue weighted by molar-refractivity contribution is 5.81. The van der Waals surface area contributed by atoms with Crippen LogP contribution in [0.15, 0.2) is 0 Å². The first-order valence-electron chi connectivity index (χ1n) is 5.71. The maximum Gasteiger partial charge on any atom is 0.161 e. The number of ether oxygens (including phenoxy) is 2.